The molecule has 0 saturated carbocycles. The van der Waals surface area contributed by atoms with E-state index >= 15 is 0 Å². The zero-order valence-corrected chi connectivity index (χ0v) is 11.4. The molecule has 0 heterocycles. The Morgan fingerprint density at radius 1 is 1.40 bits per heavy atom. The molecule has 1 rings (SSSR count). The van der Waals surface area contributed by atoms with Crippen molar-refractivity contribution in [2.75, 3.05) is 6.61 Å². The highest BCUT2D eigenvalue weighted by Gasteiger charge is 2.07. The summed E-state index contributed by atoms with van der Waals surface area (Å²) >= 11 is 9.50. The third-order valence-electron chi connectivity index (χ3n) is 2.13. The summed E-state index contributed by atoms with van der Waals surface area (Å²) in [4.78, 5) is 0. The molecule has 0 saturated heterocycles. The quantitative estimate of drug-likeness (QED) is 0.717. The molecule has 0 aliphatic rings. The summed E-state index contributed by atoms with van der Waals surface area (Å²) in [6.07, 6.45) is 1.05. The first-order chi connectivity index (χ1) is 7.15. The van der Waals surface area contributed by atoms with E-state index in [1.807, 2.05) is 18.2 Å². The van der Waals surface area contributed by atoms with Crippen LogP contribution in [0.3, 0.4) is 0 Å². The normalized spacial score (nSPS) is 10.7. The van der Waals surface area contributed by atoms with Crippen LogP contribution in [0.25, 0.3) is 0 Å². The van der Waals surface area contributed by atoms with Crippen LogP contribution in [0.15, 0.2) is 18.2 Å². The second kappa shape index (κ2) is 6.39. The first-order valence-electron chi connectivity index (χ1n) is 5.11. The van der Waals surface area contributed by atoms with Crippen molar-refractivity contribution in [1.82, 2.24) is 0 Å². The van der Waals surface area contributed by atoms with Crippen molar-refractivity contribution in [2.24, 2.45) is 5.92 Å². The molecule has 0 bridgehead atoms. The van der Waals surface area contributed by atoms with Gasteiger partial charge in [0.15, 0.2) is 0 Å². The van der Waals surface area contributed by atoms with Crippen molar-refractivity contribution in [3.8, 4) is 5.75 Å². The van der Waals surface area contributed by atoms with Crippen LogP contribution >= 0.6 is 27.5 Å². The van der Waals surface area contributed by atoms with Gasteiger partial charge in [-0.15, -0.1) is 0 Å². The van der Waals surface area contributed by atoms with Gasteiger partial charge in [-0.25, -0.2) is 0 Å². The smallest absolute Gasteiger partial charge is 0.141 e. The van der Waals surface area contributed by atoms with Gasteiger partial charge in [-0.05, 0) is 18.4 Å². The first-order valence-corrected chi connectivity index (χ1v) is 6.61. The number of benzene rings is 1. The fourth-order valence-electron chi connectivity index (χ4n) is 1.22. The van der Waals surface area contributed by atoms with Crippen LogP contribution in [0.2, 0.25) is 5.02 Å². The molecule has 0 amide bonds. The van der Waals surface area contributed by atoms with Crippen molar-refractivity contribution in [3.05, 3.63) is 28.8 Å². The summed E-state index contributed by atoms with van der Waals surface area (Å²) in [5, 5.41) is 1.46. The number of ether oxygens (including phenoxy) is 1. The second-order valence-corrected chi connectivity index (χ2v) is 4.86. The van der Waals surface area contributed by atoms with E-state index in [9.17, 15) is 0 Å². The van der Waals surface area contributed by atoms with Crippen molar-refractivity contribution in [2.45, 2.75) is 25.6 Å². The maximum atomic E-state index is 6.08. The summed E-state index contributed by atoms with van der Waals surface area (Å²) in [5.41, 5.74) is 1.10. The average molecular weight is 292 g/mol. The Kier molecular flexibility index (Phi) is 5.48. The summed E-state index contributed by atoms with van der Waals surface area (Å²) in [6, 6.07) is 5.82. The average Bonchev–Trinajstić information content (AvgIpc) is 2.20. The van der Waals surface area contributed by atoms with Crippen LogP contribution in [0.1, 0.15) is 25.8 Å². The van der Waals surface area contributed by atoms with Crippen LogP contribution in [0, 0.1) is 5.92 Å². The second-order valence-electron chi connectivity index (χ2n) is 3.89. The Hall–Kier alpha value is -0.210. The standard InChI is InChI=1S/C12H16BrClO/c1-9(2)6-7-15-12-10(8-13)4-3-5-11(12)14/h3-5,9H,6-8H2,1-2H3. The van der Waals surface area contributed by atoms with Gasteiger partial charge in [-0.1, -0.05) is 53.5 Å². The van der Waals surface area contributed by atoms with Crippen molar-refractivity contribution in [1.29, 1.82) is 0 Å². The number of alkyl halides is 1. The Balaban J connectivity index is 2.66. The van der Waals surface area contributed by atoms with Gasteiger partial charge in [0, 0.05) is 10.9 Å². The van der Waals surface area contributed by atoms with E-state index in [1.165, 1.54) is 0 Å². The van der Waals surface area contributed by atoms with E-state index in [2.05, 4.69) is 29.8 Å². The maximum absolute atomic E-state index is 6.08. The molecule has 0 fully saturated rings. The molecule has 0 aliphatic carbocycles. The number of para-hydroxylation sites is 1. The van der Waals surface area contributed by atoms with Gasteiger partial charge in [-0.2, -0.15) is 0 Å². The summed E-state index contributed by atoms with van der Waals surface area (Å²) in [6.45, 7) is 5.09. The Morgan fingerprint density at radius 3 is 2.73 bits per heavy atom. The van der Waals surface area contributed by atoms with E-state index in [-0.39, 0.29) is 0 Å². The third-order valence-corrected chi connectivity index (χ3v) is 3.04. The van der Waals surface area contributed by atoms with Crippen molar-refractivity contribution in [3.63, 3.8) is 0 Å². The molecule has 0 aliphatic heterocycles. The lowest BCUT2D eigenvalue weighted by Crippen LogP contribution is -2.03. The van der Waals surface area contributed by atoms with Crippen molar-refractivity contribution < 1.29 is 4.74 Å². The van der Waals surface area contributed by atoms with Crippen molar-refractivity contribution >= 4 is 27.5 Å². The fraction of sp³-hybridized carbons (Fsp3) is 0.500. The van der Waals surface area contributed by atoms with Crippen LogP contribution < -0.4 is 4.74 Å². The number of hydrogen-bond acceptors (Lipinski definition) is 1. The molecule has 0 spiro atoms. The Labute approximate surface area is 105 Å². The SMILES string of the molecule is CC(C)CCOc1c(Cl)cccc1CBr. The van der Waals surface area contributed by atoms with Gasteiger partial charge in [0.1, 0.15) is 5.75 Å². The van der Waals surface area contributed by atoms with Gasteiger partial charge in [0.25, 0.3) is 0 Å². The number of rotatable bonds is 5. The molecule has 15 heavy (non-hydrogen) atoms. The lowest BCUT2D eigenvalue weighted by atomic mass is 10.1. The predicted molar refractivity (Wildman–Crippen MR) is 69.0 cm³/mol. The molecule has 0 aromatic heterocycles. The third kappa shape index (κ3) is 4.04. The van der Waals surface area contributed by atoms with Gasteiger partial charge < -0.3 is 4.74 Å². The molecule has 1 nitrogen and oxygen atoms in total. The Bertz CT molecular complexity index is 312. The minimum absolute atomic E-state index is 0.653. The maximum Gasteiger partial charge on any atom is 0.141 e. The lowest BCUT2D eigenvalue weighted by molar-refractivity contribution is 0.288. The summed E-state index contributed by atoms with van der Waals surface area (Å²) in [7, 11) is 0. The van der Waals surface area contributed by atoms with E-state index < -0.39 is 0 Å². The summed E-state index contributed by atoms with van der Waals surface area (Å²) in [5.74, 6) is 1.47. The highest BCUT2D eigenvalue weighted by Crippen LogP contribution is 2.30. The highest BCUT2D eigenvalue weighted by molar-refractivity contribution is 9.08. The summed E-state index contributed by atoms with van der Waals surface area (Å²) < 4.78 is 5.71. The Morgan fingerprint density at radius 2 is 2.13 bits per heavy atom. The molecule has 3 heteroatoms. The minimum atomic E-state index is 0.653. The van der Waals surface area contributed by atoms with E-state index in [0.717, 1.165) is 29.7 Å². The van der Waals surface area contributed by atoms with Gasteiger partial charge in [0.2, 0.25) is 0 Å². The number of halogens is 2. The predicted octanol–water partition coefficient (Wildman–Crippen LogP) is 4.66. The fourth-order valence-corrected chi connectivity index (χ4v) is 1.91. The topological polar surface area (TPSA) is 9.23 Å². The zero-order valence-electron chi connectivity index (χ0n) is 9.09. The van der Waals surface area contributed by atoms with E-state index in [1.54, 1.807) is 0 Å². The molecule has 0 atom stereocenters. The molecule has 84 valence electrons. The lowest BCUT2D eigenvalue weighted by Gasteiger charge is -2.12. The molecule has 0 unspecified atom stereocenters. The molecular weight excluding hydrogens is 275 g/mol. The monoisotopic (exact) mass is 290 g/mol. The molecule has 1 aromatic rings. The van der Waals surface area contributed by atoms with Crippen LogP contribution in [-0.2, 0) is 5.33 Å². The van der Waals surface area contributed by atoms with E-state index in [4.69, 9.17) is 16.3 Å². The molecular formula is C12H16BrClO. The first kappa shape index (κ1) is 12.9. The highest BCUT2D eigenvalue weighted by atomic mass is 79.9. The molecule has 0 N–H and O–H groups in total. The molecule has 0 radical (unpaired) electrons. The molecule has 1 aromatic carbocycles. The number of hydrogen-bond donors (Lipinski definition) is 0. The van der Waals surface area contributed by atoms with Crippen LogP contribution in [0.5, 0.6) is 5.75 Å². The van der Waals surface area contributed by atoms with Gasteiger partial charge >= 0.3 is 0 Å². The van der Waals surface area contributed by atoms with Gasteiger partial charge in [0.05, 0.1) is 11.6 Å². The van der Waals surface area contributed by atoms with Crippen LogP contribution in [0.4, 0.5) is 0 Å². The van der Waals surface area contributed by atoms with Gasteiger partial charge in [-0.3, -0.25) is 0 Å². The minimum Gasteiger partial charge on any atom is -0.492 e. The largest absolute Gasteiger partial charge is 0.492 e. The van der Waals surface area contributed by atoms with E-state index in [0.29, 0.717) is 10.9 Å². The van der Waals surface area contributed by atoms with Crippen LogP contribution in [-0.4, -0.2) is 6.61 Å². The zero-order chi connectivity index (χ0) is 11.3.